The summed E-state index contributed by atoms with van der Waals surface area (Å²) in [5, 5.41) is 0. The lowest BCUT2D eigenvalue weighted by molar-refractivity contribution is 0.114. The van der Waals surface area contributed by atoms with Crippen LogP contribution in [0.2, 0.25) is 0 Å². The van der Waals surface area contributed by atoms with Gasteiger partial charge in [0.15, 0.2) is 0 Å². The molecule has 2 rings (SSSR count). The van der Waals surface area contributed by atoms with E-state index in [0.29, 0.717) is 6.54 Å². The molecule has 0 spiro atoms. The van der Waals surface area contributed by atoms with E-state index >= 15 is 0 Å². The number of rotatable bonds is 5. The van der Waals surface area contributed by atoms with E-state index < -0.39 is 0 Å². The second-order valence-corrected chi connectivity index (χ2v) is 6.09. The predicted octanol–water partition coefficient (Wildman–Crippen LogP) is 2.83. The monoisotopic (exact) mass is 276 g/mol. The fraction of sp³-hybridized carbons (Fsp3) is 0.647. The Labute approximate surface area is 123 Å². The zero-order valence-electron chi connectivity index (χ0n) is 12.9. The van der Waals surface area contributed by atoms with Crippen LogP contribution in [0.3, 0.4) is 0 Å². The van der Waals surface area contributed by atoms with Crippen molar-refractivity contribution in [3.05, 3.63) is 29.8 Å². The summed E-state index contributed by atoms with van der Waals surface area (Å²) in [6, 6.07) is 8.30. The van der Waals surface area contributed by atoms with E-state index in [1.165, 1.54) is 44.3 Å². The molecule has 1 aromatic rings. The van der Waals surface area contributed by atoms with Crippen LogP contribution in [0.4, 0.5) is 0 Å². The number of nitrogens with zero attached hydrogens (tertiary/aromatic N) is 1. The lowest BCUT2D eigenvalue weighted by atomic mass is 9.90. The Hall–Kier alpha value is -1.06. The smallest absolute Gasteiger partial charge is 0.122 e. The van der Waals surface area contributed by atoms with Crippen molar-refractivity contribution in [1.82, 2.24) is 4.90 Å². The van der Waals surface area contributed by atoms with Crippen molar-refractivity contribution in [3.63, 3.8) is 0 Å². The van der Waals surface area contributed by atoms with Gasteiger partial charge in [0.05, 0.1) is 7.11 Å². The van der Waals surface area contributed by atoms with E-state index in [1.807, 2.05) is 12.1 Å². The Morgan fingerprint density at radius 3 is 2.40 bits per heavy atom. The van der Waals surface area contributed by atoms with Gasteiger partial charge in [-0.1, -0.05) is 31.0 Å². The maximum atomic E-state index is 6.15. The van der Waals surface area contributed by atoms with E-state index in [1.54, 1.807) is 7.11 Å². The van der Waals surface area contributed by atoms with Crippen LogP contribution in [0.5, 0.6) is 5.75 Å². The molecule has 3 nitrogen and oxygen atoms in total. The molecule has 1 aliphatic heterocycles. The van der Waals surface area contributed by atoms with Crippen molar-refractivity contribution in [3.8, 4) is 5.75 Å². The molecule has 1 aromatic carbocycles. The van der Waals surface area contributed by atoms with Crippen molar-refractivity contribution < 1.29 is 4.74 Å². The highest BCUT2D eigenvalue weighted by Crippen LogP contribution is 2.28. The number of ether oxygens (including phenoxy) is 1. The largest absolute Gasteiger partial charge is 0.496 e. The fourth-order valence-electron chi connectivity index (χ4n) is 3.18. The maximum Gasteiger partial charge on any atom is 0.122 e. The molecule has 0 saturated carbocycles. The van der Waals surface area contributed by atoms with Gasteiger partial charge in [-0.3, -0.25) is 4.90 Å². The SMILES string of the molecule is COc1ccccc1CC(C)(CN)N1CCCCCC1. The highest BCUT2D eigenvalue weighted by Gasteiger charge is 2.31. The number of likely N-dealkylation sites (tertiary alicyclic amines) is 1. The van der Waals surface area contributed by atoms with E-state index in [2.05, 4.69) is 24.0 Å². The van der Waals surface area contributed by atoms with E-state index in [0.717, 1.165) is 12.2 Å². The maximum absolute atomic E-state index is 6.15. The Bertz CT molecular complexity index is 413. The van der Waals surface area contributed by atoms with Gasteiger partial charge in [0.25, 0.3) is 0 Å². The van der Waals surface area contributed by atoms with Crippen LogP contribution >= 0.6 is 0 Å². The minimum absolute atomic E-state index is 0.0268. The third kappa shape index (κ3) is 3.53. The standard InChI is InChI=1S/C17H28N2O/c1-17(14-18,19-11-7-3-4-8-12-19)13-15-9-5-6-10-16(15)20-2/h5-6,9-10H,3-4,7-8,11-14,18H2,1-2H3. The van der Waals surface area contributed by atoms with E-state index in [4.69, 9.17) is 10.5 Å². The van der Waals surface area contributed by atoms with Crippen molar-refractivity contribution in [2.75, 3.05) is 26.7 Å². The van der Waals surface area contributed by atoms with Gasteiger partial charge < -0.3 is 10.5 Å². The molecule has 0 amide bonds. The molecule has 1 saturated heterocycles. The van der Waals surface area contributed by atoms with Crippen molar-refractivity contribution >= 4 is 0 Å². The average Bonchev–Trinajstić information content (AvgIpc) is 2.77. The first-order valence-corrected chi connectivity index (χ1v) is 7.76. The molecule has 1 heterocycles. The predicted molar refractivity (Wildman–Crippen MR) is 84.2 cm³/mol. The fourth-order valence-corrected chi connectivity index (χ4v) is 3.18. The summed E-state index contributed by atoms with van der Waals surface area (Å²) >= 11 is 0. The lowest BCUT2D eigenvalue weighted by Crippen LogP contribution is -2.53. The summed E-state index contributed by atoms with van der Waals surface area (Å²) in [6.45, 7) is 5.32. The Kier molecular flexibility index (Phi) is 5.44. The molecule has 112 valence electrons. The zero-order valence-corrected chi connectivity index (χ0v) is 12.9. The van der Waals surface area contributed by atoms with Gasteiger partial charge in [-0.15, -0.1) is 0 Å². The Morgan fingerprint density at radius 1 is 1.15 bits per heavy atom. The molecular formula is C17H28N2O. The normalized spacial score (nSPS) is 20.1. The van der Waals surface area contributed by atoms with Gasteiger partial charge in [-0.2, -0.15) is 0 Å². The molecule has 2 N–H and O–H groups in total. The lowest BCUT2D eigenvalue weighted by Gasteiger charge is -2.40. The van der Waals surface area contributed by atoms with Crippen LogP contribution in [0, 0.1) is 0 Å². The van der Waals surface area contributed by atoms with Crippen molar-refractivity contribution in [1.29, 1.82) is 0 Å². The number of para-hydroxylation sites is 1. The zero-order chi connectivity index (χ0) is 14.4. The topological polar surface area (TPSA) is 38.5 Å². The first-order valence-electron chi connectivity index (χ1n) is 7.76. The summed E-state index contributed by atoms with van der Waals surface area (Å²) in [7, 11) is 1.74. The number of nitrogens with two attached hydrogens (primary N) is 1. The number of benzene rings is 1. The molecule has 20 heavy (non-hydrogen) atoms. The van der Waals surface area contributed by atoms with E-state index in [-0.39, 0.29) is 5.54 Å². The van der Waals surface area contributed by atoms with E-state index in [9.17, 15) is 0 Å². The molecule has 1 aliphatic rings. The van der Waals surface area contributed by atoms with Gasteiger partial charge in [0.2, 0.25) is 0 Å². The summed E-state index contributed by atoms with van der Waals surface area (Å²) in [4.78, 5) is 2.59. The molecular weight excluding hydrogens is 248 g/mol. The van der Waals surface area contributed by atoms with Gasteiger partial charge in [0, 0.05) is 12.1 Å². The molecule has 1 unspecified atom stereocenters. The van der Waals surface area contributed by atoms with Gasteiger partial charge in [-0.05, 0) is 50.9 Å². The van der Waals surface area contributed by atoms with Gasteiger partial charge >= 0.3 is 0 Å². The average molecular weight is 276 g/mol. The van der Waals surface area contributed by atoms with Crippen LogP contribution in [-0.4, -0.2) is 37.2 Å². The Morgan fingerprint density at radius 2 is 1.80 bits per heavy atom. The number of methoxy groups -OCH3 is 1. The summed E-state index contributed by atoms with van der Waals surface area (Å²) in [6.07, 6.45) is 6.24. The molecule has 0 aliphatic carbocycles. The molecule has 0 aromatic heterocycles. The third-order valence-electron chi connectivity index (χ3n) is 4.57. The Balaban J connectivity index is 2.17. The summed E-state index contributed by atoms with van der Waals surface area (Å²) in [5.41, 5.74) is 7.43. The third-order valence-corrected chi connectivity index (χ3v) is 4.57. The summed E-state index contributed by atoms with van der Waals surface area (Å²) < 4.78 is 5.49. The first kappa shape index (κ1) is 15.3. The van der Waals surface area contributed by atoms with Crippen LogP contribution in [0.25, 0.3) is 0 Å². The molecule has 1 atom stereocenters. The van der Waals surface area contributed by atoms with Gasteiger partial charge in [0.1, 0.15) is 5.75 Å². The quantitative estimate of drug-likeness (QED) is 0.898. The van der Waals surface area contributed by atoms with Crippen LogP contribution < -0.4 is 10.5 Å². The molecule has 3 heteroatoms. The second kappa shape index (κ2) is 7.09. The number of hydrogen-bond acceptors (Lipinski definition) is 3. The second-order valence-electron chi connectivity index (χ2n) is 6.09. The molecule has 0 radical (unpaired) electrons. The van der Waals surface area contributed by atoms with Crippen LogP contribution in [0.1, 0.15) is 38.2 Å². The van der Waals surface area contributed by atoms with Crippen molar-refractivity contribution in [2.24, 2.45) is 5.73 Å². The minimum Gasteiger partial charge on any atom is -0.496 e. The number of hydrogen-bond donors (Lipinski definition) is 1. The minimum atomic E-state index is 0.0268. The highest BCUT2D eigenvalue weighted by molar-refractivity contribution is 5.34. The summed E-state index contributed by atoms with van der Waals surface area (Å²) in [5.74, 6) is 0.974. The molecule has 1 fully saturated rings. The first-order chi connectivity index (χ1) is 9.69. The van der Waals surface area contributed by atoms with Crippen LogP contribution in [0.15, 0.2) is 24.3 Å². The van der Waals surface area contributed by atoms with Crippen molar-refractivity contribution in [2.45, 2.75) is 44.6 Å². The highest BCUT2D eigenvalue weighted by atomic mass is 16.5. The van der Waals surface area contributed by atoms with Crippen LogP contribution in [-0.2, 0) is 6.42 Å². The molecule has 0 bridgehead atoms. The van der Waals surface area contributed by atoms with Gasteiger partial charge in [-0.25, -0.2) is 0 Å².